The van der Waals surface area contributed by atoms with Crippen LogP contribution in [-0.2, 0) is 16.0 Å². The molecule has 4 N–H and O–H groups in total. The molecule has 1 atom stereocenters. The van der Waals surface area contributed by atoms with Crippen LogP contribution in [0.3, 0.4) is 0 Å². The number of aromatic nitrogens is 1. The highest BCUT2D eigenvalue weighted by Crippen LogP contribution is 2.21. The fourth-order valence-corrected chi connectivity index (χ4v) is 1.34. The second kappa shape index (κ2) is 5.55. The Hall–Kier alpha value is -2.32. The summed E-state index contributed by atoms with van der Waals surface area (Å²) in [4.78, 5) is 23.8. The third kappa shape index (κ3) is 4.12. The topological polar surface area (TPSA) is 105 Å². The number of hydrogen-bond donors (Lipinski definition) is 3. The largest absolute Gasteiger partial charge is 0.490 e. The lowest BCUT2D eigenvalue weighted by Crippen LogP contribution is -2.33. The van der Waals surface area contributed by atoms with E-state index in [-0.39, 0.29) is 11.9 Å². The number of amides is 1. The van der Waals surface area contributed by atoms with Gasteiger partial charge in [-0.05, 0) is 11.6 Å². The van der Waals surface area contributed by atoms with Crippen LogP contribution in [0.4, 0.5) is 19.0 Å². The van der Waals surface area contributed by atoms with Crippen LogP contribution in [0.25, 0.3) is 0 Å². The Bertz CT molecular complexity index is 465. The van der Waals surface area contributed by atoms with E-state index in [0.717, 1.165) is 11.4 Å². The average molecular weight is 277 g/mol. The zero-order chi connectivity index (χ0) is 14.6. The summed E-state index contributed by atoms with van der Waals surface area (Å²) in [7, 11) is 0. The smallest absolute Gasteiger partial charge is 0.475 e. The van der Waals surface area contributed by atoms with Gasteiger partial charge >= 0.3 is 12.1 Å². The van der Waals surface area contributed by atoms with Crippen molar-refractivity contribution in [1.82, 2.24) is 4.98 Å². The molecule has 1 aromatic rings. The Labute approximate surface area is 105 Å². The number of halogens is 3. The minimum Gasteiger partial charge on any atom is -0.475 e. The Morgan fingerprint density at radius 1 is 1.47 bits per heavy atom. The van der Waals surface area contributed by atoms with Gasteiger partial charge in [-0.1, -0.05) is 6.07 Å². The fourth-order valence-electron chi connectivity index (χ4n) is 1.34. The molecule has 0 spiro atoms. The van der Waals surface area contributed by atoms with Gasteiger partial charge in [0.25, 0.3) is 0 Å². The van der Waals surface area contributed by atoms with Crippen molar-refractivity contribution in [2.45, 2.75) is 18.6 Å². The number of nitrogens with one attached hydrogen (secondary N) is 1. The van der Waals surface area contributed by atoms with Gasteiger partial charge in [0, 0.05) is 12.6 Å². The zero-order valence-electron chi connectivity index (χ0n) is 9.44. The molecule has 0 fully saturated rings. The number of hydrogen-bond acceptors (Lipinski definition) is 4. The molecule has 104 valence electrons. The number of primary amides is 1. The van der Waals surface area contributed by atoms with E-state index >= 15 is 0 Å². The lowest BCUT2D eigenvalue weighted by atomic mass is 10.1. The van der Waals surface area contributed by atoms with Gasteiger partial charge in [-0.3, -0.25) is 4.79 Å². The summed E-state index contributed by atoms with van der Waals surface area (Å²) < 4.78 is 31.7. The molecule has 0 aromatic carbocycles. The van der Waals surface area contributed by atoms with Crippen LogP contribution >= 0.6 is 0 Å². The van der Waals surface area contributed by atoms with Crippen molar-refractivity contribution >= 4 is 17.7 Å². The predicted octanol–water partition coefficient (Wildman–Crippen LogP) is 0.537. The molecule has 2 rings (SSSR count). The Morgan fingerprint density at radius 3 is 2.47 bits per heavy atom. The number of nitrogens with zero attached hydrogens (tertiary/aromatic N) is 1. The number of nitrogens with two attached hydrogens (primary N) is 1. The van der Waals surface area contributed by atoms with Crippen molar-refractivity contribution in [2.75, 3.05) is 5.32 Å². The monoisotopic (exact) mass is 277 g/mol. The Morgan fingerprint density at radius 2 is 2.05 bits per heavy atom. The average Bonchev–Trinajstić information content (AvgIpc) is 2.72. The van der Waals surface area contributed by atoms with E-state index in [9.17, 15) is 18.0 Å². The van der Waals surface area contributed by atoms with Gasteiger partial charge in [-0.25, -0.2) is 9.78 Å². The maximum Gasteiger partial charge on any atom is 0.490 e. The van der Waals surface area contributed by atoms with Crippen LogP contribution in [0.1, 0.15) is 5.56 Å². The van der Waals surface area contributed by atoms with Gasteiger partial charge < -0.3 is 16.2 Å². The summed E-state index contributed by atoms with van der Waals surface area (Å²) in [5, 5.41) is 10.1. The SMILES string of the molecule is NC(=O)C1Cc2cccnc2N1.O=C(O)C(F)(F)F. The van der Waals surface area contributed by atoms with E-state index in [0.29, 0.717) is 6.42 Å². The van der Waals surface area contributed by atoms with Gasteiger partial charge in [0.2, 0.25) is 5.91 Å². The summed E-state index contributed by atoms with van der Waals surface area (Å²) in [6.45, 7) is 0. The molecule has 1 aromatic heterocycles. The van der Waals surface area contributed by atoms with Crippen LogP contribution in [0, 0.1) is 0 Å². The Kier molecular flexibility index (Phi) is 4.30. The molecule has 19 heavy (non-hydrogen) atoms. The molecular weight excluding hydrogens is 267 g/mol. The number of carboxylic acids is 1. The van der Waals surface area contributed by atoms with Gasteiger partial charge in [0.05, 0.1) is 0 Å². The van der Waals surface area contributed by atoms with E-state index in [1.165, 1.54) is 0 Å². The van der Waals surface area contributed by atoms with Gasteiger partial charge in [0.1, 0.15) is 11.9 Å². The number of rotatable bonds is 1. The number of alkyl halides is 3. The minimum absolute atomic E-state index is 0.283. The number of carbonyl (C=O) groups is 2. The summed E-state index contributed by atoms with van der Waals surface area (Å²) >= 11 is 0. The number of aliphatic carboxylic acids is 1. The van der Waals surface area contributed by atoms with Crippen molar-refractivity contribution in [3.63, 3.8) is 0 Å². The molecule has 2 heterocycles. The first-order valence-corrected chi connectivity index (χ1v) is 5.01. The summed E-state index contributed by atoms with van der Waals surface area (Å²) in [5.74, 6) is -2.30. The van der Waals surface area contributed by atoms with E-state index in [1.54, 1.807) is 6.20 Å². The molecule has 0 radical (unpaired) electrons. The molecule has 1 aliphatic heterocycles. The third-order valence-corrected chi connectivity index (χ3v) is 2.21. The predicted molar refractivity (Wildman–Crippen MR) is 58.2 cm³/mol. The first kappa shape index (κ1) is 14.7. The molecule has 1 amide bonds. The normalized spacial score (nSPS) is 16.7. The van der Waals surface area contributed by atoms with Crippen LogP contribution in [0.15, 0.2) is 18.3 Å². The van der Waals surface area contributed by atoms with E-state index in [4.69, 9.17) is 15.6 Å². The van der Waals surface area contributed by atoms with Gasteiger partial charge in [0.15, 0.2) is 0 Å². The van der Waals surface area contributed by atoms with E-state index < -0.39 is 12.1 Å². The maximum absolute atomic E-state index is 10.8. The zero-order valence-corrected chi connectivity index (χ0v) is 9.44. The fraction of sp³-hybridized carbons (Fsp3) is 0.300. The first-order chi connectivity index (χ1) is 8.71. The second-order valence-electron chi connectivity index (χ2n) is 3.62. The number of anilines is 1. The van der Waals surface area contributed by atoms with E-state index in [1.807, 2.05) is 12.1 Å². The maximum atomic E-state index is 10.8. The van der Waals surface area contributed by atoms with Crippen molar-refractivity contribution in [1.29, 1.82) is 0 Å². The molecule has 0 aliphatic carbocycles. The van der Waals surface area contributed by atoms with Crippen molar-refractivity contribution in [3.8, 4) is 0 Å². The molecule has 1 aliphatic rings. The van der Waals surface area contributed by atoms with E-state index in [2.05, 4.69) is 10.3 Å². The van der Waals surface area contributed by atoms with Crippen molar-refractivity contribution in [3.05, 3.63) is 23.9 Å². The molecule has 0 saturated carbocycles. The summed E-state index contributed by atoms with van der Waals surface area (Å²) in [6.07, 6.45) is -2.74. The number of fused-ring (bicyclic) bond motifs is 1. The van der Waals surface area contributed by atoms with Crippen LogP contribution in [0.5, 0.6) is 0 Å². The summed E-state index contributed by atoms with van der Waals surface area (Å²) in [6, 6.07) is 3.51. The van der Waals surface area contributed by atoms with Crippen LogP contribution < -0.4 is 11.1 Å². The third-order valence-electron chi connectivity index (χ3n) is 2.21. The number of carboxylic acid groups (broad SMARTS) is 1. The minimum atomic E-state index is -5.08. The highest BCUT2D eigenvalue weighted by molar-refractivity contribution is 5.85. The van der Waals surface area contributed by atoms with Crippen molar-refractivity contribution < 1.29 is 27.9 Å². The first-order valence-electron chi connectivity index (χ1n) is 5.01. The molecular formula is C10H10F3N3O3. The van der Waals surface area contributed by atoms with Gasteiger partial charge in [-0.2, -0.15) is 13.2 Å². The Balaban J connectivity index is 0.000000224. The van der Waals surface area contributed by atoms with Gasteiger partial charge in [-0.15, -0.1) is 0 Å². The molecule has 0 saturated heterocycles. The standard InChI is InChI=1S/C8H9N3O.C2HF3O2/c9-7(12)6-4-5-2-1-3-10-8(5)11-6;3-2(4,5)1(6)7/h1-3,6H,4H2,(H2,9,12)(H,10,11);(H,6,7). The van der Waals surface area contributed by atoms with Crippen molar-refractivity contribution in [2.24, 2.45) is 5.73 Å². The highest BCUT2D eigenvalue weighted by atomic mass is 19.4. The van der Waals surface area contributed by atoms with Crippen LogP contribution in [-0.4, -0.2) is 34.2 Å². The lowest BCUT2D eigenvalue weighted by Gasteiger charge is -2.03. The molecule has 9 heteroatoms. The second-order valence-corrected chi connectivity index (χ2v) is 3.62. The summed E-state index contributed by atoms with van der Waals surface area (Å²) in [5.41, 5.74) is 6.20. The highest BCUT2D eigenvalue weighted by Gasteiger charge is 2.38. The molecule has 6 nitrogen and oxygen atoms in total. The number of pyridine rings is 1. The quantitative estimate of drug-likeness (QED) is 0.694. The molecule has 1 unspecified atom stereocenters. The molecule has 0 bridgehead atoms. The lowest BCUT2D eigenvalue weighted by molar-refractivity contribution is -0.192. The number of carbonyl (C=O) groups excluding carboxylic acids is 1. The van der Waals surface area contributed by atoms with Crippen LogP contribution in [0.2, 0.25) is 0 Å².